The molecule has 0 bridgehead atoms. The molecule has 2 aliphatic rings. The minimum atomic E-state index is 0.164. The van der Waals surface area contributed by atoms with Crippen LogP contribution >= 0.6 is 0 Å². The van der Waals surface area contributed by atoms with Crippen molar-refractivity contribution < 1.29 is 4.79 Å². The van der Waals surface area contributed by atoms with Crippen molar-refractivity contribution in [3.8, 4) is 0 Å². The molecule has 1 N–H and O–H groups in total. The van der Waals surface area contributed by atoms with E-state index in [0.29, 0.717) is 12.5 Å². The molecule has 3 rings (SSSR count). The molecule has 1 amide bonds. The van der Waals surface area contributed by atoms with Crippen LogP contribution in [0.4, 0.5) is 0 Å². The zero-order valence-electron chi connectivity index (χ0n) is 13.6. The number of rotatable bonds is 8. The van der Waals surface area contributed by atoms with E-state index in [0.717, 1.165) is 19.0 Å². The van der Waals surface area contributed by atoms with E-state index in [2.05, 4.69) is 41.4 Å². The van der Waals surface area contributed by atoms with Gasteiger partial charge in [-0.05, 0) is 56.6 Å². The first kappa shape index (κ1) is 15.5. The summed E-state index contributed by atoms with van der Waals surface area (Å²) < 4.78 is 0. The van der Waals surface area contributed by atoms with Gasteiger partial charge in [0.05, 0.1) is 12.6 Å². The molecule has 0 heterocycles. The van der Waals surface area contributed by atoms with Crippen molar-refractivity contribution in [3.05, 3.63) is 35.9 Å². The maximum Gasteiger partial charge on any atom is 0.237 e. The van der Waals surface area contributed by atoms with E-state index in [-0.39, 0.29) is 11.9 Å². The van der Waals surface area contributed by atoms with Gasteiger partial charge in [-0.25, -0.2) is 0 Å². The summed E-state index contributed by atoms with van der Waals surface area (Å²) in [4.78, 5) is 14.8. The highest BCUT2D eigenvalue weighted by molar-refractivity contribution is 5.78. The Bertz CT molecular complexity index is 479. The van der Waals surface area contributed by atoms with Gasteiger partial charge in [0.15, 0.2) is 0 Å². The summed E-state index contributed by atoms with van der Waals surface area (Å²) in [6, 6.07) is 10.6. The standard InChI is InChI=1S/C19H28N2O/c1-15(18-8-3-2-4-9-18)21(14-17-6-5-7-17)19(22)13-20-12-16-10-11-16/h2-4,8-9,15-17,20H,5-7,10-14H2,1H3. The second-order valence-electron chi connectivity index (χ2n) is 7.00. The zero-order chi connectivity index (χ0) is 15.4. The SMILES string of the molecule is CC(c1ccccc1)N(CC1CCC1)C(=O)CNCC1CC1. The molecule has 2 fully saturated rings. The first-order valence-electron chi connectivity index (χ1n) is 8.79. The van der Waals surface area contributed by atoms with Crippen molar-refractivity contribution in [3.63, 3.8) is 0 Å². The van der Waals surface area contributed by atoms with E-state index >= 15 is 0 Å². The van der Waals surface area contributed by atoms with Gasteiger partial charge in [-0.2, -0.15) is 0 Å². The molecule has 0 aromatic heterocycles. The average Bonchev–Trinajstić information content (AvgIpc) is 3.30. The summed E-state index contributed by atoms with van der Waals surface area (Å²) in [5.41, 5.74) is 1.23. The number of carbonyl (C=O) groups excluding carboxylic acids is 1. The molecule has 0 spiro atoms. The Labute approximate surface area is 134 Å². The van der Waals surface area contributed by atoms with E-state index in [9.17, 15) is 4.79 Å². The number of carbonyl (C=O) groups is 1. The normalized spacial score (nSPS) is 19.5. The van der Waals surface area contributed by atoms with Crippen molar-refractivity contribution in [2.24, 2.45) is 11.8 Å². The van der Waals surface area contributed by atoms with Gasteiger partial charge in [-0.15, -0.1) is 0 Å². The largest absolute Gasteiger partial charge is 0.335 e. The summed E-state index contributed by atoms with van der Waals surface area (Å²) in [5, 5.41) is 3.35. The quantitative estimate of drug-likeness (QED) is 0.798. The molecule has 3 heteroatoms. The Hall–Kier alpha value is -1.35. The van der Waals surface area contributed by atoms with Gasteiger partial charge in [-0.1, -0.05) is 36.8 Å². The predicted octanol–water partition coefficient (Wildman–Crippen LogP) is 3.38. The van der Waals surface area contributed by atoms with Crippen LogP contribution in [0.1, 0.15) is 50.6 Å². The predicted molar refractivity (Wildman–Crippen MR) is 89.5 cm³/mol. The van der Waals surface area contributed by atoms with E-state index in [1.165, 1.54) is 37.7 Å². The first-order chi connectivity index (χ1) is 10.7. The Kier molecular flexibility index (Phi) is 5.14. The Morgan fingerprint density at radius 1 is 1.18 bits per heavy atom. The van der Waals surface area contributed by atoms with Crippen LogP contribution in [0.3, 0.4) is 0 Å². The van der Waals surface area contributed by atoms with Crippen molar-refractivity contribution >= 4 is 5.91 Å². The lowest BCUT2D eigenvalue weighted by Gasteiger charge is -2.36. The third-order valence-corrected chi connectivity index (χ3v) is 5.16. The summed E-state index contributed by atoms with van der Waals surface area (Å²) in [5.74, 6) is 1.78. The van der Waals surface area contributed by atoms with Crippen LogP contribution < -0.4 is 5.32 Å². The molecule has 1 aromatic carbocycles. The maximum absolute atomic E-state index is 12.7. The van der Waals surface area contributed by atoms with Gasteiger partial charge in [0.2, 0.25) is 5.91 Å². The number of benzene rings is 1. The van der Waals surface area contributed by atoms with E-state index in [1.54, 1.807) is 0 Å². The molecule has 2 saturated carbocycles. The van der Waals surface area contributed by atoms with Crippen molar-refractivity contribution in [1.29, 1.82) is 0 Å². The summed E-state index contributed by atoms with van der Waals surface area (Å²) in [6.07, 6.45) is 6.54. The monoisotopic (exact) mass is 300 g/mol. The Morgan fingerprint density at radius 3 is 2.50 bits per heavy atom. The summed E-state index contributed by atoms with van der Waals surface area (Å²) >= 11 is 0. The number of hydrogen-bond donors (Lipinski definition) is 1. The second-order valence-corrected chi connectivity index (χ2v) is 7.00. The molecule has 3 nitrogen and oxygen atoms in total. The van der Waals surface area contributed by atoms with Gasteiger partial charge < -0.3 is 10.2 Å². The fourth-order valence-electron chi connectivity index (χ4n) is 3.15. The third kappa shape index (κ3) is 4.10. The van der Waals surface area contributed by atoms with Crippen molar-refractivity contribution in [2.45, 2.75) is 45.1 Å². The highest BCUT2D eigenvalue weighted by atomic mass is 16.2. The highest BCUT2D eigenvalue weighted by Crippen LogP contribution is 2.31. The molecule has 2 aliphatic carbocycles. The van der Waals surface area contributed by atoms with Crippen LogP contribution in [0.2, 0.25) is 0 Å². The van der Waals surface area contributed by atoms with Gasteiger partial charge in [0, 0.05) is 6.54 Å². The van der Waals surface area contributed by atoms with E-state index in [4.69, 9.17) is 0 Å². The van der Waals surface area contributed by atoms with E-state index in [1.807, 2.05) is 6.07 Å². The van der Waals surface area contributed by atoms with Crippen LogP contribution in [0.25, 0.3) is 0 Å². The number of nitrogens with one attached hydrogen (secondary N) is 1. The number of amides is 1. The smallest absolute Gasteiger partial charge is 0.237 e. The van der Waals surface area contributed by atoms with Crippen molar-refractivity contribution in [1.82, 2.24) is 10.2 Å². The van der Waals surface area contributed by atoms with Gasteiger partial charge in [0.25, 0.3) is 0 Å². The number of nitrogens with zero attached hydrogens (tertiary/aromatic N) is 1. The maximum atomic E-state index is 12.7. The Balaban J connectivity index is 1.60. The van der Waals surface area contributed by atoms with Crippen LogP contribution in [0, 0.1) is 11.8 Å². The average molecular weight is 300 g/mol. The van der Waals surface area contributed by atoms with Crippen LogP contribution in [0.5, 0.6) is 0 Å². The molecule has 0 aliphatic heterocycles. The van der Waals surface area contributed by atoms with Crippen molar-refractivity contribution in [2.75, 3.05) is 19.6 Å². The molecule has 1 unspecified atom stereocenters. The topological polar surface area (TPSA) is 32.3 Å². The molecule has 0 saturated heterocycles. The first-order valence-corrected chi connectivity index (χ1v) is 8.79. The molecule has 0 radical (unpaired) electrons. The lowest BCUT2D eigenvalue weighted by molar-refractivity contribution is -0.133. The van der Waals surface area contributed by atoms with Gasteiger partial charge in [0.1, 0.15) is 0 Å². The zero-order valence-corrected chi connectivity index (χ0v) is 13.6. The van der Waals surface area contributed by atoms with Gasteiger partial charge >= 0.3 is 0 Å². The third-order valence-electron chi connectivity index (χ3n) is 5.16. The van der Waals surface area contributed by atoms with Crippen LogP contribution in [0.15, 0.2) is 30.3 Å². The highest BCUT2D eigenvalue weighted by Gasteiger charge is 2.28. The van der Waals surface area contributed by atoms with Gasteiger partial charge in [-0.3, -0.25) is 4.79 Å². The fraction of sp³-hybridized carbons (Fsp3) is 0.632. The summed E-state index contributed by atoms with van der Waals surface area (Å²) in [7, 11) is 0. The molecular weight excluding hydrogens is 272 g/mol. The van der Waals surface area contributed by atoms with Crippen LogP contribution in [-0.4, -0.2) is 30.4 Å². The minimum Gasteiger partial charge on any atom is -0.335 e. The van der Waals surface area contributed by atoms with Crippen LogP contribution in [-0.2, 0) is 4.79 Å². The second kappa shape index (κ2) is 7.28. The van der Waals surface area contributed by atoms with E-state index < -0.39 is 0 Å². The number of hydrogen-bond acceptors (Lipinski definition) is 2. The fourth-order valence-corrected chi connectivity index (χ4v) is 3.15. The molecule has 1 atom stereocenters. The summed E-state index contributed by atoms with van der Waals surface area (Å²) in [6.45, 7) is 4.57. The minimum absolute atomic E-state index is 0.164. The Morgan fingerprint density at radius 2 is 1.91 bits per heavy atom. The molecular formula is C19H28N2O. The lowest BCUT2D eigenvalue weighted by atomic mass is 9.84. The molecule has 22 heavy (non-hydrogen) atoms. The lowest BCUT2D eigenvalue weighted by Crippen LogP contribution is -2.43. The molecule has 1 aromatic rings. The molecule has 120 valence electrons.